The van der Waals surface area contributed by atoms with Crippen molar-refractivity contribution in [3.63, 3.8) is 0 Å². The summed E-state index contributed by atoms with van der Waals surface area (Å²) in [5.74, 6) is 0.954. The molecule has 0 atom stereocenters. The Labute approximate surface area is 115 Å². The highest BCUT2D eigenvalue weighted by atomic mass is 32.2. The van der Waals surface area contributed by atoms with Crippen molar-refractivity contribution >= 4 is 10.0 Å². The van der Waals surface area contributed by atoms with Crippen LogP contribution in [0.1, 0.15) is 44.3 Å². The second-order valence-corrected chi connectivity index (χ2v) is 7.27. The summed E-state index contributed by atoms with van der Waals surface area (Å²) in [6, 6.07) is 0. The molecule has 0 radical (unpaired) electrons. The van der Waals surface area contributed by atoms with Crippen LogP contribution in [0.25, 0.3) is 0 Å². The summed E-state index contributed by atoms with van der Waals surface area (Å²) in [4.78, 5) is 0.194. The number of nitrogens with one attached hydrogen (secondary N) is 1. The van der Waals surface area contributed by atoms with Gasteiger partial charge in [-0.05, 0) is 25.7 Å². The van der Waals surface area contributed by atoms with Crippen LogP contribution in [0.3, 0.4) is 0 Å². The van der Waals surface area contributed by atoms with Gasteiger partial charge in [-0.15, -0.1) is 0 Å². The second kappa shape index (κ2) is 5.64. The minimum absolute atomic E-state index is 0.0807. The molecular formula is C13H24N2O3S. The molecule has 0 fully saturated rings. The lowest BCUT2D eigenvalue weighted by Gasteiger charge is -2.22. The highest BCUT2D eigenvalue weighted by Gasteiger charge is 2.27. The number of sulfonamides is 1. The normalized spacial score (nSPS) is 12.9. The third-order valence-corrected chi connectivity index (χ3v) is 5.09. The Kier molecular flexibility index (Phi) is 4.81. The summed E-state index contributed by atoms with van der Waals surface area (Å²) in [5.41, 5.74) is 6.09. The first-order chi connectivity index (χ1) is 8.64. The van der Waals surface area contributed by atoms with Crippen LogP contribution in [-0.2, 0) is 16.6 Å². The van der Waals surface area contributed by atoms with Gasteiger partial charge in [0.2, 0.25) is 10.0 Å². The molecule has 0 bridgehead atoms. The molecule has 0 saturated heterocycles. The van der Waals surface area contributed by atoms with Crippen LogP contribution in [0, 0.1) is 19.3 Å². The van der Waals surface area contributed by atoms with Crippen molar-refractivity contribution in [3.05, 3.63) is 17.1 Å². The van der Waals surface area contributed by atoms with Crippen molar-refractivity contribution in [1.82, 2.24) is 4.72 Å². The maximum absolute atomic E-state index is 12.4. The van der Waals surface area contributed by atoms with Crippen molar-refractivity contribution in [2.24, 2.45) is 11.1 Å². The molecule has 0 amide bonds. The Morgan fingerprint density at radius 1 is 1.26 bits per heavy atom. The monoisotopic (exact) mass is 288 g/mol. The molecule has 0 saturated carbocycles. The van der Waals surface area contributed by atoms with Gasteiger partial charge >= 0.3 is 0 Å². The molecule has 0 unspecified atom stereocenters. The fraction of sp³-hybridized carbons (Fsp3) is 0.692. The van der Waals surface area contributed by atoms with E-state index >= 15 is 0 Å². The summed E-state index contributed by atoms with van der Waals surface area (Å²) < 4.78 is 32.8. The van der Waals surface area contributed by atoms with Crippen LogP contribution in [0.15, 0.2) is 9.31 Å². The van der Waals surface area contributed by atoms with Crippen LogP contribution >= 0.6 is 0 Å². The van der Waals surface area contributed by atoms with Gasteiger partial charge in [-0.3, -0.25) is 0 Å². The SMILES string of the molecule is CCC(C)(C)CNS(=O)(=O)c1c(C)oc(C)c1CN. The average molecular weight is 288 g/mol. The minimum Gasteiger partial charge on any atom is -0.465 e. The lowest BCUT2D eigenvalue weighted by molar-refractivity contribution is 0.350. The van der Waals surface area contributed by atoms with E-state index in [0.29, 0.717) is 23.6 Å². The number of nitrogens with two attached hydrogens (primary N) is 1. The van der Waals surface area contributed by atoms with Crippen LogP contribution in [0.4, 0.5) is 0 Å². The number of rotatable bonds is 6. The standard InChI is InChI=1S/C13H24N2O3S/c1-6-13(4,5)8-15-19(16,17)12-10(3)18-9(2)11(12)7-14/h15H,6-8,14H2,1-5H3. The molecule has 1 aromatic heterocycles. The van der Waals surface area contributed by atoms with Crippen molar-refractivity contribution in [2.45, 2.75) is 52.5 Å². The Morgan fingerprint density at radius 2 is 1.84 bits per heavy atom. The zero-order valence-corrected chi connectivity index (χ0v) is 13.1. The quantitative estimate of drug-likeness (QED) is 0.839. The molecule has 0 aromatic carbocycles. The third kappa shape index (κ3) is 3.58. The van der Waals surface area contributed by atoms with Gasteiger partial charge in [0.05, 0.1) is 0 Å². The lowest BCUT2D eigenvalue weighted by atomic mass is 9.91. The van der Waals surface area contributed by atoms with Gasteiger partial charge in [-0.2, -0.15) is 0 Å². The molecule has 110 valence electrons. The van der Waals surface area contributed by atoms with Crippen LogP contribution < -0.4 is 10.5 Å². The lowest BCUT2D eigenvalue weighted by Crippen LogP contribution is -2.34. The van der Waals surface area contributed by atoms with E-state index in [2.05, 4.69) is 4.72 Å². The number of furan rings is 1. The van der Waals surface area contributed by atoms with Gasteiger partial charge in [0.1, 0.15) is 16.4 Å². The zero-order chi connectivity index (χ0) is 14.8. The van der Waals surface area contributed by atoms with Crippen LogP contribution in [-0.4, -0.2) is 15.0 Å². The van der Waals surface area contributed by atoms with E-state index in [1.807, 2.05) is 20.8 Å². The first kappa shape index (κ1) is 16.2. The molecule has 0 aliphatic rings. The molecule has 3 N–H and O–H groups in total. The number of aryl methyl sites for hydroxylation is 2. The van der Waals surface area contributed by atoms with Gasteiger partial charge < -0.3 is 10.2 Å². The Morgan fingerprint density at radius 3 is 2.32 bits per heavy atom. The Hall–Kier alpha value is -0.850. The molecule has 19 heavy (non-hydrogen) atoms. The van der Waals surface area contributed by atoms with Gasteiger partial charge in [0.25, 0.3) is 0 Å². The molecule has 0 spiro atoms. The van der Waals surface area contributed by atoms with E-state index in [9.17, 15) is 8.42 Å². The van der Waals surface area contributed by atoms with E-state index in [4.69, 9.17) is 10.2 Å². The van der Waals surface area contributed by atoms with Gasteiger partial charge in [-0.1, -0.05) is 20.8 Å². The van der Waals surface area contributed by atoms with Crippen molar-refractivity contribution in [1.29, 1.82) is 0 Å². The summed E-state index contributed by atoms with van der Waals surface area (Å²) in [6.45, 7) is 9.98. The van der Waals surface area contributed by atoms with E-state index in [0.717, 1.165) is 6.42 Å². The number of hydrogen-bond acceptors (Lipinski definition) is 4. The van der Waals surface area contributed by atoms with Gasteiger partial charge in [0, 0.05) is 18.7 Å². The summed E-state index contributed by atoms with van der Waals surface area (Å²) in [5, 5.41) is 0. The predicted molar refractivity (Wildman–Crippen MR) is 75.3 cm³/mol. The molecule has 1 rings (SSSR count). The van der Waals surface area contributed by atoms with E-state index in [1.165, 1.54) is 0 Å². The first-order valence-corrected chi connectivity index (χ1v) is 7.91. The Balaban J connectivity index is 3.08. The summed E-state index contributed by atoms with van der Waals surface area (Å²) in [6.07, 6.45) is 0.892. The van der Waals surface area contributed by atoms with Crippen molar-refractivity contribution in [3.8, 4) is 0 Å². The molecule has 1 heterocycles. The highest BCUT2D eigenvalue weighted by Crippen LogP contribution is 2.27. The zero-order valence-electron chi connectivity index (χ0n) is 12.3. The third-order valence-electron chi connectivity index (χ3n) is 3.50. The maximum atomic E-state index is 12.4. The minimum atomic E-state index is -3.58. The fourth-order valence-corrected chi connectivity index (χ4v) is 3.48. The molecule has 0 aliphatic carbocycles. The fourth-order valence-electron chi connectivity index (χ4n) is 1.79. The molecule has 6 heteroatoms. The van der Waals surface area contributed by atoms with E-state index < -0.39 is 10.0 Å². The second-order valence-electron chi connectivity index (χ2n) is 5.57. The smallest absolute Gasteiger partial charge is 0.244 e. The number of hydrogen-bond donors (Lipinski definition) is 2. The largest absolute Gasteiger partial charge is 0.465 e. The van der Waals surface area contributed by atoms with E-state index in [1.54, 1.807) is 13.8 Å². The molecule has 5 nitrogen and oxygen atoms in total. The summed E-state index contributed by atoms with van der Waals surface area (Å²) >= 11 is 0. The Bertz CT molecular complexity index is 544. The highest BCUT2D eigenvalue weighted by molar-refractivity contribution is 7.89. The van der Waals surface area contributed by atoms with Gasteiger partial charge in [-0.25, -0.2) is 13.1 Å². The maximum Gasteiger partial charge on any atom is 0.244 e. The molecular weight excluding hydrogens is 264 g/mol. The van der Waals surface area contributed by atoms with Crippen LogP contribution in [0.2, 0.25) is 0 Å². The summed E-state index contributed by atoms with van der Waals surface area (Å²) in [7, 11) is -3.58. The van der Waals surface area contributed by atoms with Crippen LogP contribution in [0.5, 0.6) is 0 Å². The molecule has 1 aromatic rings. The average Bonchev–Trinajstić information content (AvgIpc) is 2.62. The molecule has 0 aliphatic heterocycles. The van der Waals surface area contributed by atoms with Gasteiger partial charge in [0.15, 0.2) is 0 Å². The first-order valence-electron chi connectivity index (χ1n) is 6.43. The van der Waals surface area contributed by atoms with Crippen molar-refractivity contribution in [2.75, 3.05) is 6.54 Å². The van der Waals surface area contributed by atoms with Crippen molar-refractivity contribution < 1.29 is 12.8 Å². The van der Waals surface area contributed by atoms with E-state index in [-0.39, 0.29) is 16.9 Å². The topological polar surface area (TPSA) is 85.3 Å². The predicted octanol–water partition coefficient (Wildman–Crippen LogP) is 2.07.